The van der Waals surface area contributed by atoms with Crippen molar-refractivity contribution in [3.63, 3.8) is 0 Å². The first-order chi connectivity index (χ1) is 10.6. The van der Waals surface area contributed by atoms with E-state index in [4.69, 9.17) is 4.74 Å². The highest BCUT2D eigenvalue weighted by Crippen LogP contribution is 2.24. The third kappa shape index (κ3) is 6.10. The highest BCUT2D eigenvalue weighted by molar-refractivity contribution is 5.74. The lowest BCUT2D eigenvalue weighted by atomic mass is 9.84. The molecule has 0 bridgehead atoms. The average molecular weight is 322 g/mol. The summed E-state index contributed by atoms with van der Waals surface area (Å²) in [6.45, 7) is 10.7. The van der Waals surface area contributed by atoms with E-state index < -0.39 is 6.10 Å². The SMILES string of the molecule is COc1ccc(C(C)(C)CNC(=O)NCC(O)C(C)(C)C)cc1. The summed E-state index contributed by atoms with van der Waals surface area (Å²) in [5.41, 5.74) is 0.662. The highest BCUT2D eigenvalue weighted by Gasteiger charge is 2.24. The predicted octanol–water partition coefficient (Wildman–Crippen LogP) is 2.68. The number of aliphatic hydroxyl groups excluding tert-OH is 1. The molecule has 130 valence electrons. The zero-order valence-electron chi connectivity index (χ0n) is 15.1. The van der Waals surface area contributed by atoms with Crippen molar-refractivity contribution < 1.29 is 14.6 Å². The molecule has 0 radical (unpaired) electrons. The second kappa shape index (κ2) is 7.68. The monoisotopic (exact) mass is 322 g/mol. The zero-order valence-corrected chi connectivity index (χ0v) is 15.1. The van der Waals surface area contributed by atoms with Gasteiger partial charge in [-0.05, 0) is 23.1 Å². The lowest BCUT2D eigenvalue weighted by Gasteiger charge is -2.28. The molecule has 0 aromatic heterocycles. The van der Waals surface area contributed by atoms with Gasteiger partial charge in [0.05, 0.1) is 13.2 Å². The van der Waals surface area contributed by atoms with Crippen molar-refractivity contribution in [3.8, 4) is 5.75 Å². The molecule has 0 saturated carbocycles. The Hall–Kier alpha value is -1.75. The zero-order chi connectivity index (χ0) is 17.7. The van der Waals surface area contributed by atoms with Crippen LogP contribution in [0.2, 0.25) is 0 Å². The largest absolute Gasteiger partial charge is 0.497 e. The fourth-order valence-corrected chi connectivity index (χ4v) is 2.00. The van der Waals surface area contributed by atoms with Crippen LogP contribution in [0.4, 0.5) is 4.79 Å². The molecule has 0 fully saturated rings. The Bertz CT molecular complexity index is 504. The molecular formula is C18H30N2O3. The Morgan fingerprint density at radius 1 is 1.13 bits per heavy atom. The summed E-state index contributed by atoms with van der Waals surface area (Å²) < 4.78 is 5.16. The van der Waals surface area contributed by atoms with E-state index in [1.54, 1.807) is 7.11 Å². The van der Waals surface area contributed by atoms with Crippen molar-refractivity contribution in [2.24, 2.45) is 5.41 Å². The minimum atomic E-state index is -0.581. The number of benzene rings is 1. The first-order valence-corrected chi connectivity index (χ1v) is 7.90. The number of ether oxygens (including phenoxy) is 1. The number of aliphatic hydroxyl groups is 1. The Labute approximate surface area is 139 Å². The Morgan fingerprint density at radius 2 is 1.70 bits per heavy atom. The van der Waals surface area contributed by atoms with Crippen LogP contribution in [-0.2, 0) is 5.41 Å². The molecule has 1 atom stereocenters. The number of hydrogen-bond acceptors (Lipinski definition) is 3. The molecule has 3 N–H and O–H groups in total. The van der Waals surface area contributed by atoms with Gasteiger partial charge in [-0.25, -0.2) is 4.79 Å². The summed E-state index contributed by atoms with van der Waals surface area (Å²) in [6.07, 6.45) is -0.581. The molecule has 0 aliphatic carbocycles. The summed E-state index contributed by atoms with van der Waals surface area (Å²) in [6, 6.07) is 7.56. The molecular weight excluding hydrogens is 292 g/mol. The van der Waals surface area contributed by atoms with Gasteiger partial charge < -0.3 is 20.5 Å². The molecule has 1 unspecified atom stereocenters. The molecule has 23 heavy (non-hydrogen) atoms. The van der Waals surface area contributed by atoms with E-state index in [1.165, 1.54) is 0 Å². The maximum absolute atomic E-state index is 11.9. The number of urea groups is 1. The number of amides is 2. The van der Waals surface area contributed by atoms with Crippen LogP contribution < -0.4 is 15.4 Å². The molecule has 0 spiro atoms. The molecule has 0 aliphatic rings. The first-order valence-electron chi connectivity index (χ1n) is 7.90. The summed E-state index contributed by atoms with van der Waals surface area (Å²) >= 11 is 0. The van der Waals surface area contributed by atoms with Crippen molar-refractivity contribution in [3.05, 3.63) is 29.8 Å². The first kappa shape index (κ1) is 19.3. The van der Waals surface area contributed by atoms with Crippen LogP contribution in [0.25, 0.3) is 0 Å². The van der Waals surface area contributed by atoms with Crippen molar-refractivity contribution >= 4 is 6.03 Å². The Kier molecular flexibility index (Phi) is 6.45. The maximum Gasteiger partial charge on any atom is 0.314 e. The van der Waals surface area contributed by atoms with Crippen molar-refractivity contribution in [1.82, 2.24) is 10.6 Å². The fraction of sp³-hybridized carbons (Fsp3) is 0.611. The van der Waals surface area contributed by atoms with Gasteiger partial charge >= 0.3 is 6.03 Å². The van der Waals surface area contributed by atoms with Crippen molar-refractivity contribution in [1.29, 1.82) is 0 Å². The minimum absolute atomic E-state index is 0.202. The molecule has 1 aromatic rings. The quantitative estimate of drug-likeness (QED) is 0.754. The Morgan fingerprint density at radius 3 is 2.17 bits per heavy atom. The van der Waals surface area contributed by atoms with E-state index in [2.05, 4.69) is 24.5 Å². The summed E-state index contributed by atoms with van der Waals surface area (Å²) in [5.74, 6) is 0.812. The number of nitrogens with one attached hydrogen (secondary N) is 2. The third-order valence-corrected chi connectivity index (χ3v) is 4.02. The molecule has 1 aromatic carbocycles. The second-order valence-electron chi connectivity index (χ2n) is 7.56. The standard InChI is InChI=1S/C18H30N2O3/c1-17(2,3)15(21)11-19-16(22)20-12-18(4,5)13-7-9-14(23-6)10-8-13/h7-10,15,21H,11-12H2,1-6H3,(H2,19,20,22). The van der Waals surface area contributed by atoms with Crippen LogP contribution in [-0.4, -0.2) is 37.4 Å². The topological polar surface area (TPSA) is 70.6 Å². The van der Waals surface area contributed by atoms with Crippen molar-refractivity contribution in [2.75, 3.05) is 20.2 Å². The Balaban J connectivity index is 2.50. The average Bonchev–Trinajstić information content (AvgIpc) is 2.49. The van der Waals surface area contributed by atoms with Crippen molar-refractivity contribution in [2.45, 2.75) is 46.1 Å². The number of carbonyl (C=O) groups excluding carboxylic acids is 1. The molecule has 0 saturated heterocycles. The van der Waals surface area contributed by atoms with Gasteiger partial charge in [0.2, 0.25) is 0 Å². The van der Waals surface area contributed by atoms with Gasteiger partial charge in [0.15, 0.2) is 0 Å². The molecule has 2 amide bonds. The van der Waals surface area contributed by atoms with Gasteiger partial charge in [-0.3, -0.25) is 0 Å². The van der Waals surface area contributed by atoms with Gasteiger partial charge in [0.1, 0.15) is 5.75 Å². The number of methoxy groups -OCH3 is 1. The van der Waals surface area contributed by atoms with E-state index >= 15 is 0 Å². The summed E-state index contributed by atoms with van der Waals surface area (Å²) in [7, 11) is 1.64. The maximum atomic E-state index is 11.9. The minimum Gasteiger partial charge on any atom is -0.497 e. The van der Waals surface area contributed by atoms with Crippen LogP contribution in [0.1, 0.15) is 40.2 Å². The van der Waals surface area contributed by atoms with Crippen LogP contribution in [0.5, 0.6) is 5.75 Å². The van der Waals surface area contributed by atoms with Crippen LogP contribution in [0, 0.1) is 5.41 Å². The van der Waals surface area contributed by atoms with Gasteiger partial charge in [0.25, 0.3) is 0 Å². The number of hydrogen-bond donors (Lipinski definition) is 3. The molecule has 0 aliphatic heterocycles. The number of carbonyl (C=O) groups is 1. The lowest BCUT2D eigenvalue weighted by molar-refractivity contribution is 0.0649. The van der Waals surface area contributed by atoms with Crippen LogP contribution >= 0.6 is 0 Å². The summed E-state index contributed by atoms with van der Waals surface area (Å²) in [5, 5.41) is 15.5. The van der Waals surface area contributed by atoms with Gasteiger partial charge in [-0.15, -0.1) is 0 Å². The van der Waals surface area contributed by atoms with Gasteiger partial charge in [0, 0.05) is 18.5 Å². The normalized spacial score (nSPS) is 13.3. The van der Waals surface area contributed by atoms with Crippen LogP contribution in [0.3, 0.4) is 0 Å². The van der Waals surface area contributed by atoms with E-state index in [0.717, 1.165) is 11.3 Å². The molecule has 5 heteroatoms. The van der Waals surface area contributed by atoms with E-state index in [-0.39, 0.29) is 23.4 Å². The number of rotatable bonds is 6. The smallest absolute Gasteiger partial charge is 0.314 e. The molecule has 1 rings (SSSR count). The third-order valence-electron chi connectivity index (χ3n) is 4.02. The van der Waals surface area contributed by atoms with Crippen LogP contribution in [0.15, 0.2) is 24.3 Å². The predicted molar refractivity (Wildman–Crippen MR) is 92.9 cm³/mol. The van der Waals surface area contributed by atoms with Gasteiger partial charge in [-0.2, -0.15) is 0 Å². The summed E-state index contributed by atoms with van der Waals surface area (Å²) in [4.78, 5) is 11.9. The van der Waals surface area contributed by atoms with E-state index in [9.17, 15) is 9.90 Å². The second-order valence-corrected chi connectivity index (χ2v) is 7.56. The molecule has 5 nitrogen and oxygen atoms in total. The lowest BCUT2D eigenvalue weighted by Crippen LogP contribution is -2.46. The highest BCUT2D eigenvalue weighted by atomic mass is 16.5. The van der Waals surface area contributed by atoms with E-state index in [0.29, 0.717) is 6.54 Å². The van der Waals surface area contributed by atoms with E-state index in [1.807, 2.05) is 45.0 Å². The van der Waals surface area contributed by atoms with Gasteiger partial charge in [-0.1, -0.05) is 46.8 Å². The fourth-order valence-electron chi connectivity index (χ4n) is 2.00. The molecule has 0 heterocycles.